The molecule has 4 aromatic rings. The Balaban J connectivity index is 1.55. The number of rotatable bonds is 4. The van der Waals surface area contributed by atoms with Crippen molar-refractivity contribution in [1.29, 1.82) is 0 Å². The molecular weight excluding hydrogens is 463 g/mol. The maximum absolute atomic E-state index is 13.3. The monoisotopic (exact) mass is 483 g/mol. The molecule has 0 radical (unpaired) electrons. The van der Waals surface area contributed by atoms with Crippen LogP contribution < -0.4 is 16.2 Å². The molecule has 0 atom stereocenters. The number of alkyl halides is 3. The SMILES string of the molecule is COc1ccc(-c2nc(C(=O)N3Cc4ccc(N)cc4C3)c(CN)o2)c2ccc(C(F)(F)F)nc12. The maximum Gasteiger partial charge on any atom is 0.433 e. The van der Waals surface area contributed by atoms with Crippen LogP contribution in [-0.2, 0) is 25.8 Å². The van der Waals surface area contributed by atoms with E-state index in [9.17, 15) is 18.0 Å². The molecule has 0 bridgehead atoms. The number of nitrogen functional groups attached to an aromatic ring is 1. The average molecular weight is 483 g/mol. The third-order valence-corrected chi connectivity index (χ3v) is 5.89. The van der Waals surface area contributed by atoms with Crippen molar-refractivity contribution in [3.63, 3.8) is 0 Å². The summed E-state index contributed by atoms with van der Waals surface area (Å²) < 4.78 is 50.7. The summed E-state index contributed by atoms with van der Waals surface area (Å²) in [6, 6.07) is 10.7. The lowest BCUT2D eigenvalue weighted by atomic mass is 10.1. The average Bonchev–Trinajstić information content (AvgIpc) is 3.46. The van der Waals surface area contributed by atoms with E-state index in [1.807, 2.05) is 12.1 Å². The number of carbonyl (C=O) groups excluding carboxylic acids is 1. The highest BCUT2D eigenvalue weighted by Gasteiger charge is 2.34. The zero-order valence-corrected chi connectivity index (χ0v) is 18.5. The molecule has 2 aromatic carbocycles. The van der Waals surface area contributed by atoms with E-state index in [0.29, 0.717) is 29.7 Å². The largest absolute Gasteiger partial charge is 0.494 e. The Morgan fingerprint density at radius 1 is 1.11 bits per heavy atom. The van der Waals surface area contributed by atoms with E-state index in [0.717, 1.165) is 17.2 Å². The Labute approximate surface area is 197 Å². The van der Waals surface area contributed by atoms with E-state index < -0.39 is 11.9 Å². The van der Waals surface area contributed by atoms with Crippen molar-refractivity contribution in [3.05, 3.63) is 70.7 Å². The molecule has 0 saturated carbocycles. The maximum atomic E-state index is 13.3. The molecular formula is C24H20F3N5O3. The molecule has 0 spiro atoms. The molecule has 35 heavy (non-hydrogen) atoms. The molecule has 8 nitrogen and oxygen atoms in total. The number of anilines is 1. The summed E-state index contributed by atoms with van der Waals surface area (Å²) >= 11 is 0. The first-order valence-electron chi connectivity index (χ1n) is 10.6. The number of benzene rings is 2. The van der Waals surface area contributed by atoms with Crippen molar-refractivity contribution in [2.24, 2.45) is 5.73 Å². The second kappa shape index (κ2) is 8.27. The fraction of sp³-hybridized carbons (Fsp3) is 0.208. The van der Waals surface area contributed by atoms with Crippen LogP contribution in [0.25, 0.3) is 22.4 Å². The molecule has 11 heteroatoms. The summed E-state index contributed by atoms with van der Waals surface area (Å²) in [6.07, 6.45) is -4.62. The lowest BCUT2D eigenvalue weighted by Gasteiger charge is -2.14. The van der Waals surface area contributed by atoms with Crippen LogP contribution in [0.1, 0.15) is 33.1 Å². The molecule has 3 heterocycles. The van der Waals surface area contributed by atoms with E-state index in [-0.39, 0.29) is 41.1 Å². The third-order valence-electron chi connectivity index (χ3n) is 5.89. The molecule has 0 unspecified atom stereocenters. The number of amides is 1. The first-order chi connectivity index (χ1) is 16.7. The lowest BCUT2D eigenvalue weighted by Crippen LogP contribution is -2.26. The number of carbonyl (C=O) groups is 1. The van der Waals surface area contributed by atoms with Gasteiger partial charge in [-0.3, -0.25) is 4.79 Å². The highest BCUT2D eigenvalue weighted by molar-refractivity contribution is 5.98. The van der Waals surface area contributed by atoms with Gasteiger partial charge >= 0.3 is 6.18 Å². The van der Waals surface area contributed by atoms with E-state index in [1.54, 1.807) is 17.0 Å². The zero-order valence-electron chi connectivity index (χ0n) is 18.5. The topological polar surface area (TPSA) is 120 Å². The smallest absolute Gasteiger partial charge is 0.433 e. The minimum absolute atomic E-state index is 0.00668. The predicted octanol–water partition coefficient (Wildman–Crippen LogP) is 4.11. The third kappa shape index (κ3) is 3.93. The predicted molar refractivity (Wildman–Crippen MR) is 121 cm³/mol. The normalized spacial score (nSPS) is 13.3. The Morgan fingerprint density at radius 2 is 1.89 bits per heavy atom. The Bertz CT molecular complexity index is 1470. The summed E-state index contributed by atoms with van der Waals surface area (Å²) in [6.45, 7) is 0.656. The van der Waals surface area contributed by atoms with Gasteiger partial charge in [0.25, 0.3) is 5.91 Å². The van der Waals surface area contributed by atoms with Crippen LogP contribution >= 0.6 is 0 Å². The van der Waals surface area contributed by atoms with Gasteiger partial charge in [-0.1, -0.05) is 6.07 Å². The van der Waals surface area contributed by atoms with Crippen molar-refractivity contribution in [2.45, 2.75) is 25.8 Å². The summed E-state index contributed by atoms with van der Waals surface area (Å²) in [5, 5.41) is 0.324. The number of oxazole rings is 1. The second-order valence-corrected chi connectivity index (χ2v) is 8.09. The quantitative estimate of drug-likeness (QED) is 0.419. The number of ether oxygens (including phenoxy) is 1. The zero-order chi connectivity index (χ0) is 24.9. The molecule has 1 aliphatic rings. The van der Waals surface area contributed by atoms with Crippen LogP contribution in [0.2, 0.25) is 0 Å². The van der Waals surface area contributed by atoms with Gasteiger partial charge in [0.2, 0.25) is 5.89 Å². The van der Waals surface area contributed by atoms with E-state index in [2.05, 4.69) is 9.97 Å². The van der Waals surface area contributed by atoms with Crippen LogP contribution in [0.3, 0.4) is 0 Å². The van der Waals surface area contributed by atoms with Crippen molar-refractivity contribution in [3.8, 4) is 17.2 Å². The number of fused-ring (bicyclic) bond motifs is 2. The van der Waals surface area contributed by atoms with Gasteiger partial charge in [-0.05, 0) is 47.5 Å². The Kier molecular flexibility index (Phi) is 5.36. The van der Waals surface area contributed by atoms with E-state index in [1.165, 1.54) is 19.2 Å². The lowest BCUT2D eigenvalue weighted by molar-refractivity contribution is -0.140. The summed E-state index contributed by atoms with van der Waals surface area (Å²) in [4.78, 5) is 23.1. The minimum Gasteiger partial charge on any atom is -0.494 e. The summed E-state index contributed by atoms with van der Waals surface area (Å²) in [7, 11) is 1.34. The number of pyridine rings is 1. The molecule has 180 valence electrons. The molecule has 0 fully saturated rings. The van der Waals surface area contributed by atoms with Gasteiger partial charge in [0.05, 0.1) is 13.7 Å². The highest BCUT2D eigenvalue weighted by atomic mass is 19.4. The number of hydrogen-bond donors (Lipinski definition) is 2. The highest BCUT2D eigenvalue weighted by Crippen LogP contribution is 2.37. The summed E-state index contributed by atoms with van der Waals surface area (Å²) in [5.41, 5.74) is 13.6. The molecule has 2 aromatic heterocycles. The number of nitrogens with two attached hydrogens (primary N) is 2. The van der Waals surface area contributed by atoms with Gasteiger partial charge in [-0.15, -0.1) is 0 Å². The fourth-order valence-electron chi connectivity index (χ4n) is 4.18. The van der Waals surface area contributed by atoms with Crippen LogP contribution in [-0.4, -0.2) is 27.9 Å². The van der Waals surface area contributed by atoms with Crippen molar-refractivity contribution in [1.82, 2.24) is 14.9 Å². The second-order valence-electron chi connectivity index (χ2n) is 8.09. The minimum atomic E-state index is -4.62. The van der Waals surface area contributed by atoms with Gasteiger partial charge in [-0.25, -0.2) is 9.97 Å². The van der Waals surface area contributed by atoms with Crippen LogP contribution in [0.4, 0.5) is 18.9 Å². The van der Waals surface area contributed by atoms with Gasteiger partial charge in [0, 0.05) is 29.7 Å². The number of methoxy groups -OCH3 is 1. The number of nitrogens with zero attached hydrogens (tertiary/aromatic N) is 3. The first-order valence-corrected chi connectivity index (χ1v) is 10.6. The number of hydrogen-bond acceptors (Lipinski definition) is 7. The van der Waals surface area contributed by atoms with E-state index >= 15 is 0 Å². The van der Waals surface area contributed by atoms with Crippen LogP contribution in [0.15, 0.2) is 46.9 Å². The van der Waals surface area contributed by atoms with Gasteiger partial charge in [-0.2, -0.15) is 13.2 Å². The van der Waals surface area contributed by atoms with Gasteiger partial charge < -0.3 is 25.5 Å². The van der Waals surface area contributed by atoms with Crippen LogP contribution in [0, 0.1) is 0 Å². The first kappa shape index (κ1) is 22.7. The molecule has 0 aliphatic carbocycles. The molecule has 1 aliphatic heterocycles. The Hall–Kier alpha value is -4.12. The van der Waals surface area contributed by atoms with Gasteiger partial charge in [0.15, 0.2) is 11.5 Å². The standard InChI is InChI=1S/C24H20F3N5O3/c1-34-17-6-4-16(15-5-7-19(24(25,26)27)30-20(15)17)22-31-21(18(9-28)35-22)23(33)32-10-12-2-3-14(29)8-13(12)11-32/h2-8H,9-11,28-29H2,1H3. The molecule has 4 N–H and O–H groups in total. The fourth-order valence-corrected chi connectivity index (χ4v) is 4.18. The van der Waals surface area contributed by atoms with Crippen molar-refractivity contribution < 1.29 is 27.1 Å². The van der Waals surface area contributed by atoms with Crippen molar-refractivity contribution in [2.75, 3.05) is 12.8 Å². The summed E-state index contributed by atoms with van der Waals surface area (Å²) in [5.74, 6) is 0.00431. The molecule has 1 amide bonds. The van der Waals surface area contributed by atoms with Crippen molar-refractivity contribution >= 4 is 22.5 Å². The van der Waals surface area contributed by atoms with Crippen LogP contribution in [0.5, 0.6) is 5.75 Å². The number of aromatic nitrogens is 2. The van der Waals surface area contributed by atoms with E-state index in [4.69, 9.17) is 20.6 Å². The Morgan fingerprint density at radius 3 is 2.60 bits per heavy atom. The molecule has 5 rings (SSSR count). The van der Waals surface area contributed by atoms with Gasteiger partial charge in [0.1, 0.15) is 17.0 Å². The number of halogens is 3. The molecule has 0 saturated heterocycles.